The fraction of sp³-hybridized carbons (Fsp3) is 0.300. The molecule has 1 aromatic carbocycles. The molecule has 4 rings (SSSR count). The van der Waals surface area contributed by atoms with Crippen molar-refractivity contribution in [2.75, 3.05) is 11.1 Å². The Morgan fingerprint density at radius 2 is 2.03 bits per heavy atom. The molecule has 1 unspecified atom stereocenters. The number of carbonyl (C=O) groups is 1. The number of halogens is 3. The Morgan fingerprint density at radius 3 is 2.72 bits per heavy atom. The maximum Gasteiger partial charge on any atom is 0.573 e. The van der Waals surface area contributed by atoms with Crippen LogP contribution < -0.4 is 15.8 Å². The number of nitrogens with zero attached hydrogens (tertiary/aromatic N) is 1. The topological polar surface area (TPSA) is 77.2 Å². The Kier molecular flexibility index (Phi) is 4.85. The second-order valence-corrected chi connectivity index (χ2v) is 8.17. The monoisotopic (exact) mass is 421 g/mol. The number of rotatable bonds is 3. The molecule has 3 N–H and O–H groups in total. The van der Waals surface area contributed by atoms with Crippen LogP contribution in [0.15, 0.2) is 30.3 Å². The molecule has 2 heterocycles. The second kappa shape index (κ2) is 7.22. The summed E-state index contributed by atoms with van der Waals surface area (Å²) in [6.45, 7) is 2.20. The number of alkyl halides is 3. The zero-order valence-electron chi connectivity index (χ0n) is 15.5. The highest BCUT2D eigenvalue weighted by atomic mass is 32.1. The van der Waals surface area contributed by atoms with Crippen LogP contribution in [0.3, 0.4) is 0 Å². The molecular formula is C20H18F3N3O2S. The Balaban J connectivity index is 1.56. The average molecular weight is 421 g/mol. The van der Waals surface area contributed by atoms with E-state index >= 15 is 0 Å². The van der Waals surface area contributed by atoms with Crippen LogP contribution in [0.5, 0.6) is 5.75 Å². The number of benzene rings is 1. The van der Waals surface area contributed by atoms with Gasteiger partial charge in [-0.3, -0.25) is 4.79 Å². The number of thiophene rings is 1. The summed E-state index contributed by atoms with van der Waals surface area (Å²) in [5.74, 6) is -0.198. The molecule has 9 heteroatoms. The number of carbonyl (C=O) groups excluding carboxylic acids is 1. The molecule has 0 radical (unpaired) electrons. The third-order valence-electron chi connectivity index (χ3n) is 4.88. The third kappa shape index (κ3) is 4.14. The van der Waals surface area contributed by atoms with Gasteiger partial charge in [0.15, 0.2) is 0 Å². The number of ether oxygens (including phenoxy) is 1. The van der Waals surface area contributed by atoms with Crippen molar-refractivity contribution in [3.8, 4) is 5.75 Å². The van der Waals surface area contributed by atoms with Crippen molar-refractivity contribution in [2.24, 2.45) is 5.92 Å². The van der Waals surface area contributed by atoms with E-state index in [9.17, 15) is 18.0 Å². The van der Waals surface area contributed by atoms with E-state index in [1.54, 1.807) is 0 Å². The van der Waals surface area contributed by atoms with Crippen LogP contribution in [0, 0.1) is 5.92 Å². The van der Waals surface area contributed by atoms with Gasteiger partial charge >= 0.3 is 6.36 Å². The highest BCUT2D eigenvalue weighted by molar-refractivity contribution is 7.21. The normalized spacial score (nSPS) is 16.5. The molecule has 152 valence electrons. The first-order valence-electron chi connectivity index (χ1n) is 9.07. The first kappa shape index (κ1) is 19.5. The highest BCUT2D eigenvalue weighted by Gasteiger charge is 2.31. The van der Waals surface area contributed by atoms with E-state index in [-0.39, 0.29) is 5.75 Å². The van der Waals surface area contributed by atoms with Crippen molar-refractivity contribution in [1.82, 2.24) is 4.98 Å². The van der Waals surface area contributed by atoms with Gasteiger partial charge in [0.25, 0.3) is 5.91 Å². The van der Waals surface area contributed by atoms with Gasteiger partial charge in [-0.1, -0.05) is 6.92 Å². The smallest absolute Gasteiger partial charge is 0.406 e. The van der Waals surface area contributed by atoms with Crippen LogP contribution in [0.25, 0.3) is 10.2 Å². The van der Waals surface area contributed by atoms with Gasteiger partial charge in [-0.25, -0.2) is 4.98 Å². The van der Waals surface area contributed by atoms with Crippen LogP contribution in [0.2, 0.25) is 0 Å². The van der Waals surface area contributed by atoms with Gasteiger partial charge < -0.3 is 15.8 Å². The van der Waals surface area contributed by atoms with E-state index in [0.29, 0.717) is 22.2 Å². The van der Waals surface area contributed by atoms with Gasteiger partial charge in [-0.05, 0) is 61.1 Å². The van der Waals surface area contributed by atoms with Gasteiger partial charge in [0.1, 0.15) is 15.5 Å². The molecule has 1 aliphatic carbocycles. The fourth-order valence-corrected chi connectivity index (χ4v) is 4.46. The molecule has 0 saturated heterocycles. The van der Waals surface area contributed by atoms with Crippen molar-refractivity contribution in [2.45, 2.75) is 32.5 Å². The lowest BCUT2D eigenvalue weighted by Gasteiger charge is -2.20. The molecule has 1 aliphatic rings. The lowest BCUT2D eigenvalue weighted by Crippen LogP contribution is -2.17. The zero-order valence-corrected chi connectivity index (χ0v) is 16.3. The number of nitrogens with one attached hydrogen (secondary N) is 1. The molecule has 29 heavy (non-hydrogen) atoms. The number of anilines is 2. The summed E-state index contributed by atoms with van der Waals surface area (Å²) < 4.78 is 40.5. The molecule has 3 aromatic rings. The summed E-state index contributed by atoms with van der Waals surface area (Å²) >= 11 is 1.21. The lowest BCUT2D eigenvalue weighted by molar-refractivity contribution is -0.274. The predicted octanol–water partition coefficient (Wildman–Crippen LogP) is 5.15. The van der Waals surface area contributed by atoms with Crippen LogP contribution in [-0.2, 0) is 12.8 Å². The minimum absolute atomic E-state index is 0.332. The Bertz CT molecular complexity index is 1080. The standard InChI is InChI=1S/C20H18F3N3O2S/c1-10-2-7-15-11(8-10)9-14-16(24)17(29-19(14)26-15)18(27)25-12-3-5-13(6-4-12)28-20(21,22)23/h3-6,9-10H,2,7-8,24H2,1H3,(H,25,27). The maximum atomic E-state index is 12.7. The van der Waals surface area contributed by atoms with Gasteiger partial charge in [-0.2, -0.15) is 0 Å². The van der Waals surface area contributed by atoms with E-state index in [1.807, 2.05) is 6.07 Å². The summed E-state index contributed by atoms with van der Waals surface area (Å²) in [5.41, 5.74) is 9.16. The number of nitrogens with two attached hydrogens (primary N) is 1. The number of nitrogen functional groups attached to an aromatic ring is 1. The van der Waals surface area contributed by atoms with Crippen LogP contribution >= 0.6 is 11.3 Å². The third-order valence-corrected chi connectivity index (χ3v) is 6.00. The second-order valence-electron chi connectivity index (χ2n) is 7.17. The number of amides is 1. The molecule has 0 fully saturated rings. The van der Waals surface area contributed by atoms with Gasteiger partial charge in [0.05, 0.1) is 5.69 Å². The van der Waals surface area contributed by atoms with E-state index in [4.69, 9.17) is 10.7 Å². The average Bonchev–Trinajstić information content (AvgIpc) is 2.96. The molecule has 1 amide bonds. The van der Waals surface area contributed by atoms with Gasteiger partial charge in [0, 0.05) is 16.8 Å². The largest absolute Gasteiger partial charge is 0.573 e. The van der Waals surface area contributed by atoms with E-state index in [0.717, 1.165) is 47.3 Å². The summed E-state index contributed by atoms with van der Waals surface area (Å²) in [6.07, 6.45) is -1.81. The summed E-state index contributed by atoms with van der Waals surface area (Å²) in [4.78, 5) is 18.4. The van der Waals surface area contributed by atoms with Crippen molar-refractivity contribution in [3.05, 3.63) is 46.5 Å². The molecule has 5 nitrogen and oxygen atoms in total. The van der Waals surface area contributed by atoms with Gasteiger partial charge in [-0.15, -0.1) is 24.5 Å². The minimum atomic E-state index is -4.76. The zero-order chi connectivity index (χ0) is 20.8. The number of hydrogen-bond donors (Lipinski definition) is 2. The van der Waals surface area contributed by atoms with Gasteiger partial charge in [0.2, 0.25) is 0 Å². The van der Waals surface area contributed by atoms with Crippen LogP contribution in [0.1, 0.15) is 34.3 Å². The van der Waals surface area contributed by atoms with E-state index in [1.165, 1.54) is 29.0 Å². The highest BCUT2D eigenvalue weighted by Crippen LogP contribution is 2.36. The Morgan fingerprint density at radius 1 is 1.31 bits per heavy atom. The van der Waals surface area contributed by atoms with Crippen LogP contribution in [-0.4, -0.2) is 17.3 Å². The SMILES string of the molecule is CC1CCc2nc3sc(C(=O)Nc4ccc(OC(F)(F)F)cc4)c(N)c3cc2C1. The molecule has 1 atom stereocenters. The van der Waals surface area contributed by atoms with E-state index < -0.39 is 12.3 Å². The van der Waals surface area contributed by atoms with Crippen molar-refractivity contribution >= 4 is 38.8 Å². The molecule has 0 saturated carbocycles. The van der Waals surface area contributed by atoms with Crippen molar-refractivity contribution in [1.29, 1.82) is 0 Å². The number of pyridine rings is 1. The molecule has 0 bridgehead atoms. The quantitative estimate of drug-likeness (QED) is 0.613. The van der Waals surface area contributed by atoms with E-state index in [2.05, 4.69) is 17.0 Å². The minimum Gasteiger partial charge on any atom is -0.406 e. The van der Waals surface area contributed by atoms with Crippen molar-refractivity contribution < 1.29 is 22.7 Å². The molecule has 2 aromatic heterocycles. The number of fused-ring (bicyclic) bond motifs is 2. The maximum absolute atomic E-state index is 12.7. The molecule has 0 spiro atoms. The Hall–Kier alpha value is -2.81. The lowest BCUT2D eigenvalue weighted by atomic mass is 9.87. The molecular weight excluding hydrogens is 403 g/mol. The first-order valence-corrected chi connectivity index (χ1v) is 9.89. The van der Waals surface area contributed by atoms with Crippen LogP contribution in [0.4, 0.5) is 24.5 Å². The summed E-state index contributed by atoms with van der Waals surface area (Å²) in [6, 6.07) is 6.96. The first-order chi connectivity index (χ1) is 13.7. The fourth-order valence-electron chi connectivity index (χ4n) is 3.47. The van der Waals surface area contributed by atoms with Crippen molar-refractivity contribution in [3.63, 3.8) is 0 Å². The summed E-state index contributed by atoms with van der Waals surface area (Å²) in [7, 11) is 0. The molecule has 0 aliphatic heterocycles. The summed E-state index contributed by atoms with van der Waals surface area (Å²) in [5, 5.41) is 3.42. The predicted molar refractivity (Wildman–Crippen MR) is 106 cm³/mol. The number of aryl methyl sites for hydroxylation is 1. The Labute approximate surface area is 168 Å². The number of hydrogen-bond acceptors (Lipinski definition) is 5. The number of aromatic nitrogens is 1.